The Balaban J connectivity index is 2.44. The molecule has 2 rings (SSSR count). The molecule has 1 aliphatic carbocycles. The van der Waals surface area contributed by atoms with Crippen molar-refractivity contribution in [3.63, 3.8) is 0 Å². The molecular weight excluding hydrogens is 196 g/mol. The van der Waals surface area contributed by atoms with Gasteiger partial charge in [0, 0.05) is 5.92 Å². The molecule has 4 nitrogen and oxygen atoms in total. The van der Waals surface area contributed by atoms with Crippen LogP contribution >= 0.6 is 0 Å². The highest BCUT2D eigenvalue weighted by molar-refractivity contribution is 5.99. The lowest BCUT2D eigenvalue weighted by atomic mass is 9.75. The van der Waals surface area contributed by atoms with Gasteiger partial charge in [0.05, 0.1) is 18.5 Å². The van der Waals surface area contributed by atoms with E-state index in [0.717, 1.165) is 11.3 Å². The van der Waals surface area contributed by atoms with E-state index in [0.29, 0.717) is 6.61 Å². The van der Waals surface area contributed by atoms with Gasteiger partial charge in [-0.3, -0.25) is 4.79 Å². The summed E-state index contributed by atoms with van der Waals surface area (Å²) >= 11 is 0. The SMILES string of the molecule is CC1=CC2=CC(=O)C(C)(O)C(O)C2CO1. The topological polar surface area (TPSA) is 66.8 Å². The van der Waals surface area contributed by atoms with Gasteiger partial charge >= 0.3 is 0 Å². The quantitative estimate of drug-likeness (QED) is 0.597. The average molecular weight is 210 g/mol. The van der Waals surface area contributed by atoms with Crippen molar-refractivity contribution in [2.45, 2.75) is 25.6 Å². The largest absolute Gasteiger partial charge is 0.497 e. The molecule has 0 aromatic carbocycles. The maximum atomic E-state index is 11.5. The molecule has 0 spiro atoms. The minimum Gasteiger partial charge on any atom is -0.497 e. The Kier molecular flexibility index (Phi) is 2.20. The zero-order valence-electron chi connectivity index (χ0n) is 8.73. The number of fused-ring (bicyclic) bond motifs is 1. The predicted molar refractivity (Wildman–Crippen MR) is 52.9 cm³/mol. The third-order valence-corrected chi connectivity index (χ3v) is 3.04. The van der Waals surface area contributed by atoms with E-state index in [1.54, 1.807) is 13.0 Å². The molecule has 0 bridgehead atoms. The van der Waals surface area contributed by atoms with Gasteiger partial charge in [0.25, 0.3) is 0 Å². The third-order valence-electron chi connectivity index (χ3n) is 3.04. The second-order valence-electron chi connectivity index (χ2n) is 4.27. The number of hydrogen-bond donors (Lipinski definition) is 2. The first-order valence-electron chi connectivity index (χ1n) is 4.90. The van der Waals surface area contributed by atoms with Crippen LogP contribution in [0.25, 0.3) is 0 Å². The fraction of sp³-hybridized carbons (Fsp3) is 0.545. The molecule has 1 aliphatic heterocycles. The lowest BCUT2D eigenvalue weighted by Gasteiger charge is -2.39. The summed E-state index contributed by atoms with van der Waals surface area (Å²) in [6, 6.07) is 0. The van der Waals surface area contributed by atoms with Crippen LogP contribution in [0.15, 0.2) is 23.5 Å². The molecule has 1 heterocycles. The fourth-order valence-electron chi connectivity index (χ4n) is 1.96. The summed E-state index contributed by atoms with van der Waals surface area (Å²) in [5.41, 5.74) is -0.959. The Morgan fingerprint density at radius 3 is 2.87 bits per heavy atom. The smallest absolute Gasteiger partial charge is 0.189 e. The summed E-state index contributed by atoms with van der Waals surface area (Å²) in [5.74, 6) is -0.0485. The molecule has 82 valence electrons. The number of ketones is 1. The summed E-state index contributed by atoms with van der Waals surface area (Å²) < 4.78 is 5.28. The Morgan fingerprint density at radius 2 is 2.20 bits per heavy atom. The van der Waals surface area contributed by atoms with E-state index >= 15 is 0 Å². The zero-order valence-corrected chi connectivity index (χ0v) is 8.73. The normalized spacial score (nSPS) is 40.1. The lowest BCUT2D eigenvalue weighted by molar-refractivity contribution is -0.150. The number of hydrogen-bond acceptors (Lipinski definition) is 4. The van der Waals surface area contributed by atoms with E-state index in [-0.39, 0.29) is 5.92 Å². The maximum Gasteiger partial charge on any atom is 0.189 e. The number of allylic oxidation sites excluding steroid dienone is 2. The van der Waals surface area contributed by atoms with Crippen molar-refractivity contribution in [3.8, 4) is 0 Å². The molecule has 0 saturated heterocycles. The first-order chi connectivity index (χ1) is 6.93. The number of aliphatic hydroxyl groups excluding tert-OH is 1. The van der Waals surface area contributed by atoms with Crippen LogP contribution in [0, 0.1) is 5.92 Å². The van der Waals surface area contributed by atoms with Crippen LogP contribution in [-0.2, 0) is 9.53 Å². The van der Waals surface area contributed by atoms with E-state index in [4.69, 9.17) is 4.74 Å². The van der Waals surface area contributed by atoms with Crippen molar-refractivity contribution in [3.05, 3.63) is 23.5 Å². The van der Waals surface area contributed by atoms with E-state index in [9.17, 15) is 15.0 Å². The number of ether oxygens (including phenoxy) is 1. The van der Waals surface area contributed by atoms with Crippen LogP contribution < -0.4 is 0 Å². The Bertz CT molecular complexity index is 365. The summed E-state index contributed by atoms with van der Waals surface area (Å²) in [4.78, 5) is 11.5. The van der Waals surface area contributed by atoms with Gasteiger partial charge in [-0.2, -0.15) is 0 Å². The summed E-state index contributed by atoms with van der Waals surface area (Å²) in [6.07, 6.45) is 2.02. The second-order valence-corrected chi connectivity index (χ2v) is 4.27. The first kappa shape index (κ1) is 10.4. The van der Waals surface area contributed by atoms with E-state index in [1.165, 1.54) is 13.0 Å². The average Bonchev–Trinajstić information content (AvgIpc) is 2.15. The van der Waals surface area contributed by atoms with Crippen molar-refractivity contribution < 1.29 is 19.7 Å². The molecule has 2 aliphatic rings. The van der Waals surface area contributed by atoms with Gasteiger partial charge in [0.1, 0.15) is 0 Å². The summed E-state index contributed by atoms with van der Waals surface area (Å²) in [5, 5.41) is 19.7. The Hall–Kier alpha value is -1.13. The van der Waals surface area contributed by atoms with Crippen LogP contribution in [0.1, 0.15) is 13.8 Å². The van der Waals surface area contributed by atoms with Crippen LogP contribution in [0.2, 0.25) is 0 Å². The molecule has 0 aromatic heterocycles. The van der Waals surface area contributed by atoms with Crippen LogP contribution in [0.5, 0.6) is 0 Å². The molecule has 0 saturated carbocycles. The monoisotopic (exact) mass is 210 g/mol. The number of rotatable bonds is 0. The van der Waals surface area contributed by atoms with Gasteiger partial charge in [-0.25, -0.2) is 0 Å². The Labute approximate surface area is 87.9 Å². The minimum atomic E-state index is -1.70. The van der Waals surface area contributed by atoms with Crippen molar-refractivity contribution in [2.75, 3.05) is 6.61 Å². The molecule has 15 heavy (non-hydrogen) atoms. The molecular formula is C11H14O4. The lowest BCUT2D eigenvalue weighted by Crippen LogP contribution is -2.54. The highest BCUT2D eigenvalue weighted by atomic mass is 16.5. The van der Waals surface area contributed by atoms with Gasteiger partial charge in [0.2, 0.25) is 0 Å². The van der Waals surface area contributed by atoms with Gasteiger partial charge in [-0.1, -0.05) is 0 Å². The minimum absolute atomic E-state index is 0.304. The van der Waals surface area contributed by atoms with Crippen molar-refractivity contribution >= 4 is 5.78 Å². The van der Waals surface area contributed by atoms with Crippen LogP contribution in [0.4, 0.5) is 0 Å². The first-order valence-corrected chi connectivity index (χ1v) is 4.90. The standard InChI is InChI=1S/C11H14O4/c1-6-3-7-4-9(12)11(2,14)10(13)8(7)5-15-6/h3-4,8,10,13-14H,5H2,1-2H3. The van der Waals surface area contributed by atoms with Crippen LogP contribution in [0.3, 0.4) is 0 Å². The number of aliphatic hydroxyl groups is 2. The predicted octanol–water partition coefficient (Wildman–Crippen LogP) is 0.158. The Morgan fingerprint density at radius 1 is 1.53 bits per heavy atom. The van der Waals surface area contributed by atoms with Gasteiger partial charge in [0.15, 0.2) is 11.4 Å². The molecule has 0 amide bonds. The molecule has 0 fully saturated rings. The molecule has 0 radical (unpaired) electrons. The van der Waals surface area contributed by atoms with Crippen molar-refractivity contribution in [1.82, 2.24) is 0 Å². The van der Waals surface area contributed by atoms with Gasteiger partial charge < -0.3 is 14.9 Å². The van der Waals surface area contributed by atoms with Crippen molar-refractivity contribution in [1.29, 1.82) is 0 Å². The molecule has 0 aromatic rings. The molecule has 4 heteroatoms. The van der Waals surface area contributed by atoms with Crippen LogP contribution in [-0.4, -0.2) is 34.3 Å². The van der Waals surface area contributed by atoms with Crippen molar-refractivity contribution in [2.24, 2.45) is 5.92 Å². The van der Waals surface area contributed by atoms with Gasteiger partial charge in [-0.15, -0.1) is 0 Å². The van der Waals surface area contributed by atoms with Gasteiger partial charge in [-0.05, 0) is 31.6 Å². The molecule has 2 N–H and O–H groups in total. The maximum absolute atomic E-state index is 11.5. The zero-order chi connectivity index (χ0) is 11.2. The fourth-order valence-corrected chi connectivity index (χ4v) is 1.96. The highest BCUT2D eigenvalue weighted by Crippen LogP contribution is 2.34. The van der Waals surface area contributed by atoms with E-state index in [1.807, 2.05) is 0 Å². The number of carbonyl (C=O) groups excluding carboxylic acids is 1. The summed E-state index contributed by atoms with van der Waals surface area (Å²) in [6.45, 7) is 3.43. The van der Waals surface area contributed by atoms with E-state index in [2.05, 4.69) is 0 Å². The summed E-state index contributed by atoms with van der Waals surface area (Å²) in [7, 11) is 0. The highest BCUT2D eigenvalue weighted by Gasteiger charge is 2.47. The molecule has 3 atom stereocenters. The molecule has 3 unspecified atom stereocenters. The van der Waals surface area contributed by atoms with E-state index < -0.39 is 17.5 Å². The number of carbonyl (C=O) groups is 1. The third kappa shape index (κ3) is 1.50. The second kappa shape index (κ2) is 3.18.